The average molecular weight is 325 g/mol. The van der Waals surface area contributed by atoms with E-state index in [1.165, 1.54) is 12.0 Å². The molecule has 1 aliphatic rings. The highest BCUT2D eigenvalue weighted by atomic mass is 32.1. The van der Waals surface area contributed by atoms with E-state index in [4.69, 9.17) is 4.74 Å². The van der Waals surface area contributed by atoms with Crippen LogP contribution in [0.15, 0.2) is 12.1 Å². The number of carbonyl (C=O) groups is 2. The first kappa shape index (κ1) is 16.6. The number of likely N-dealkylation sites (tertiary alicyclic amines) is 1. The van der Waals surface area contributed by atoms with Crippen molar-refractivity contribution < 1.29 is 14.3 Å². The summed E-state index contributed by atoms with van der Waals surface area (Å²) in [6, 6.07) is 4.11. The highest BCUT2D eigenvalue weighted by Gasteiger charge is 2.24. The Balaban J connectivity index is 1.68. The maximum Gasteiger partial charge on any atom is 0.409 e. The minimum atomic E-state index is -0.299. The minimum absolute atomic E-state index is 0.107. The van der Waals surface area contributed by atoms with Crippen molar-refractivity contribution in [1.29, 1.82) is 0 Å². The number of hydrogen-bond donors (Lipinski definition) is 2. The molecule has 2 heterocycles. The molecule has 2 N–H and O–H groups in total. The van der Waals surface area contributed by atoms with Crippen molar-refractivity contribution in [3.8, 4) is 0 Å². The highest BCUT2D eigenvalue weighted by Crippen LogP contribution is 2.16. The molecular weight excluding hydrogens is 302 g/mol. The van der Waals surface area contributed by atoms with Gasteiger partial charge in [0.25, 0.3) is 0 Å². The summed E-state index contributed by atoms with van der Waals surface area (Å²) in [6.07, 6.45) is 2.23. The molecule has 0 spiro atoms. The molecule has 0 aliphatic carbocycles. The van der Waals surface area contributed by atoms with E-state index in [0.29, 0.717) is 19.6 Å². The molecule has 1 saturated heterocycles. The molecule has 1 aromatic heterocycles. The van der Waals surface area contributed by atoms with E-state index in [2.05, 4.69) is 29.7 Å². The van der Waals surface area contributed by atoms with Crippen molar-refractivity contribution in [3.63, 3.8) is 0 Å². The SMILES string of the molecule is CCc1ccc(CNC(=O)NC2CCN(C(=O)OC)CC2)s1. The van der Waals surface area contributed by atoms with Crippen LogP contribution < -0.4 is 10.6 Å². The predicted octanol–water partition coefficient (Wildman–Crippen LogP) is 2.34. The second kappa shape index (κ2) is 8.03. The maximum absolute atomic E-state index is 11.9. The molecule has 7 heteroatoms. The van der Waals surface area contributed by atoms with Crippen molar-refractivity contribution in [1.82, 2.24) is 15.5 Å². The Morgan fingerprint density at radius 2 is 2.00 bits per heavy atom. The molecule has 1 aliphatic heterocycles. The summed E-state index contributed by atoms with van der Waals surface area (Å²) < 4.78 is 4.69. The zero-order valence-electron chi connectivity index (χ0n) is 13.1. The van der Waals surface area contributed by atoms with E-state index < -0.39 is 0 Å². The monoisotopic (exact) mass is 325 g/mol. The third kappa shape index (κ3) is 4.62. The fourth-order valence-corrected chi connectivity index (χ4v) is 3.34. The molecule has 122 valence electrons. The lowest BCUT2D eigenvalue weighted by Gasteiger charge is -2.31. The van der Waals surface area contributed by atoms with E-state index in [1.807, 2.05) is 0 Å². The molecule has 0 unspecified atom stereocenters. The lowest BCUT2D eigenvalue weighted by molar-refractivity contribution is 0.110. The molecular formula is C15H23N3O3S. The van der Waals surface area contributed by atoms with Crippen molar-refractivity contribution in [2.75, 3.05) is 20.2 Å². The fourth-order valence-electron chi connectivity index (χ4n) is 2.45. The summed E-state index contributed by atoms with van der Waals surface area (Å²) in [5, 5.41) is 5.85. The molecule has 0 atom stereocenters. The summed E-state index contributed by atoms with van der Waals surface area (Å²) in [4.78, 5) is 27.4. The molecule has 0 bridgehead atoms. The minimum Gasteiger partial charge on any atom is -0.453 e. The van der Waals surface area contributed by atoms with Crippen LogP contribution in [0.5, 0.6) is 0 Å². The lowest BCUT2D eigenvalue weighted by atomic mass is 10.1. The van der Waals surface area contributed by atoms with Gasteiger partial charge in [0.2, 0.25) is 0 Å². The quantitative estimate of drug-likeness (QED) is 0.892. The van der Waals surface area contributed by atoms with Crippen LogP contribution in [0.3, 0.4) is 0 Å². The van der Waals surface area contributed by atoms with E-state index in [-0.39, 0.29) is 18.2 Å². The number of nitrogens with zero attached hydrogens (tertiary/aromatic N) is 1. The smallest absolute Gasteiger partial charge is 0.409 e. The summed E-state index contributed by atoms with van der Waals surface area (Å²) in [5.41, 5.74) is 0. The Labute approximate surface area is 134 Å². The number of hydrogen-bond acceptors (Lipinski definition) is 4. The molecule has 3 amide bonds. The van der Waals surface area contributed by atoms with Crippen LogP contribution in [-0.2, 0) is 17.7 Å². The second-order valence-corrected chi connectivity index (χ2v) is 6.53. The zero-order chi connectivity index (χ0) is 15.9. The van der Waals surface area contributed by atoms with E-state index in [1.54, 1.807) is 16.2 Å². The Bertz CT molecular complexity index is 510. The van der Waals surface area contributed by atoms with Gasteiger partial charge in [-0.3, -0.25) is 0 Å². The Hall–Kier alpha value is -1.76. The number of aryl methyl sites for hydroxylation is 1. The molecule has 6 nitrogen and oxygen atoms in total. The number of thiophene rings is 1. The van der Waals surface area contributed by atoms with E-state index >= 15 is 0 Å². The molecule has 0 radical (unpaired) electrons. The highest BCUT2D eigenvalue weighted by molar-refractivity contribution is 7.11. The third-order valence-electron chi connectivity index (χ3n) is 3.75. The van der Waals surface area contributed by atoms with Crippen molar-refractivity contribution in [3.05, 3.63) is 21.9 Å². The third-order valence-corrected chi connectivity index (χ3v) is 4.98. The lowest BCUT2D eigenvalue weighted by Crippen LogP contribution is -2.48. The number of ether oxygens (including phenoxy) is 1. The van der Waals surface area contributed by atoms with E-state index in [9.17, 15) is 9.59 Å². The van der Waals surface area contributed by atoms with Gasteiger partial charge in [-0.05, 0) is 31.4 Å². The van der Waals surface area contributed by atoms with Gasteiger partial charge >= 0.3 is 12.1 Å². The summed E-state index contributed by atoms with van der Waals surface area (Å²) >= 11 is 1.73. The molecule has 0 saturated carbocycles. The number of urea groups is 1. The Kier molecular flexibility index (Phi) is 6.06. The van der Waals surface area contributed by atoms with Crippen molar-refractivity contribution in [2.24, 2.45) is 0 Å². The van der Waals surface area contributed by atoms with Gasteiger partial charge in [-0.2, -0.15) is 0 Å². The predicted molar refractivity (Wildman–Crippen MR) is 86.1 cm³/mol. The van der Waals surface area contributed by atoms with Gasteiger partial charge in [0.15, 0.2) is 0 Å². The fraction of sp³-hybridized carbons (Fsp3) is 0.600. The van der Waals surface area contributed by atoms with Gasteiger partial charge < -0.3 is 20.3 Å². The number of carbonyl (C=O) groups excluding carboxylic acids is 2. The molecule has 2 rings (SSSR count). The van der Waals surface area contributed by atoms with Crippen LogP contribution in [0.25, 0.3) is 0 Å². The standard InChI is InChI=1S/C15H23N3O3S/c1-3-12-4-5-13(22-12)10-16-14(19)17-11-6-8-18(9-7-11)15(20)21-2/h4-5,11H,3,6-10H2,1-2H3,(H2,16,17,19). The first-order valence-corrected chi connectivity index (χ1v) is 8.39. The molecule has 1 fully saturated rings. The van der Waals surface area contributed by atoms with Crippen LogP contribution >= 0.6 is 11.3 Å². The molecule has 22 heavy (non-hydrogen) atoms. The number of methoxy groups -OCH3 is 1. The van der Waals surface area contributed by atoms with Gasteiger partial charge in [0.05, 0.1) is 13.7 Å². The number of nitrogens with one attached hydrogen (secondary N) is 2. The van der Waals surface area contributed by atoms with Crippen molar-refractivity contribution in [2.45, 2.75) is 38.8 Å². The Morgan fingerprint density at radius 1 is 1.32 bits per heavy atom. The van der Waals surface area contributed by atoms with Crippen LogP contribution in [0.2, 0.25) is 0 Å². The molecule has 1 aromatic rings. The van der Waals surface area contributed by atoms with E-state index in [0.717, 1.165) is 24.1 Å². The first-order valence-electron chi connectivity index (χ1n) is 7.57. The van der Waals surface area contributed by atoms with Gasteiger partial charge in [-0.1, -0.05) is 6.92 Å². The average Bonchev–Trinajstić information content (AvgIpc) is 3.01. The summed E-state index contributed by atoms with van der Waals surface area (Å²) in [5.74, 6) is 0. The number of rotatable bonds is 4. The zero-order valence-corrected chi connectivity index (χ0v) is 13.9. The van der Waals surface area contributed by atoms with Gasteiger partial charge in [0, 0.05) is 28.9 Å². The number of piperidine rings is 1. The second-order valence-electron chi connectivity index (χ2n) is 5.28. The van der Waals surface area contributed by atoms with Crippen LogP contribution in [0.4, 0.5) is 9.59 Å². The van der Waals surface area contributed by atoms with Gasteiger partial charge in [0.1, 0.15) is 0 Å². The largest absolute Gasteiger partial charge is 0.453 e. The van der Waals surface area contributed by atoms with Crippen LogP contribution in [0.1, 0.15) is 29.5 Å². The van der Waals surface area contributed by atoms with Crippen LogP contribution in [0, 0.1) is 0 Å². The number of amides is 3. The summed E-state index contributed by atoms with van der Waals surface area (Å²) in [7, 11) is 1.38. The van der Waals surface area contributed by atoms with Crippen LogP contribution in [-0.4, -0.2) is 43.3 Å². The van der Waals surface area contributed by atoms with Gasteiger partial charge in [-0.15, -0.1) is 11.3 Å². The van der Waals surface area contributed by atoms with Gasteiger partial charge in [-0.25, -0.2) is 9.59 Å². The Morgan fingerprint density at radius 3 is 2.59 bits per heavy atom. The summed E-state index contributed by atoms with van der Waals surface area (Å²) in [6.45, 7) is 3.90. The normalized spacial score (nSPS) is 15.5. The molecule has 0 aromatic carbocycles. The van der Waals surface area contributed by atoms with Crippen molar-refractivity contribution >= 4 is 23.5 Å². The maximum atomic E-state index is 11.9. The first-order chi connectivity index (χ1) is 10.6. The topological polar surface area (TPSA) is 70.7 Å².